The van der Waals surface area contributed by atoms with Crippen molar-refractivity contribution in [3.8, 4) is 0 Å². The Hall–Kier alpha value is -2.92. The minimum Gasteiger partial charge on any atom is -0.323 e. The number of amides is 1. The molecule has 2 heterocycles. The smallest absolute Gasteiger partial charge is 0.243 e. The third-order valence-corrected chi connectivity index (χ3v) is 8.00. The number of carbonyl (C=O) groups excluding carboxylic acids is 1. The SMILES string of the molecule is CCC(C)n1nnc2cc(S(=O)(=O)N3CCC(C(=O)Nc4ccc(F)cc4F)CC3)ccc21. The third kappa shape index (κ3) is 4.60. The maximum Gasteiger partial charge on any atom is 0.243 e. The Bertz CT molecular complexity index is 1290. The average molecular weight is 478 g/mol. The van der Waals surface area contributed by atoms with Crippen molar-refractivity contribution in [3.63, 3.8) is 0 Å². The second kappa shape index (κ2) is 9.14. The minimum atomic E-state index is -3.77. The van der Waals surface area contributed by atoms with Gasteiger partial charge in [0.15, 0.2) is 0 Å². The highest BCUT2D eigenvalue weighted by Crippen LogP contribution is 2.27. The standard InChI is InChI=1S/C22H25F2N5O3S/c1-3-14(2)29-21-7-5-17(13-20(21)26-27-29)33(31,32)28-10-8-15(9-11-28)22(30)25-19-6-4-16(23)12-18(19)24/h4-7,12-15H,3,8-11H2,1-2H3,(H,25,30). The molecule has 1 aliphatic rings. The number of carbonyl (C=O) groups is 1. The third-order valence-electron chi connectivity index (χ3n) is 6.10. The van der Waals surface area contributed by atoms with Crippen molar-refractivity contribution in [1.29, 1.82) is 0 Å². The fourth-order valence-corrected chi connectivity index (χ4v) is 5.40. The van der Waals surface area contributed by atoms with Gasteiger partial charge in [0.1, 0.15) is 17.2 Å². The summed E-state index contributed by atoms with van der Waals surface area (Å²) in [6.07, 6.45) is 1.45. The lowest BCUT2D eigenvalue weighted by atomic mass is 9.97. The predicted molar refractivity (Wildman–Crippen MR) is 119 cm³/mol. The number of aromatic nitrogens is 3. The molecular weight excluding hydrogens is 452 g/mol. The molecule has 1 fully saturated rings. The van der Waals surface area contributed by atoms with Crippen LogP contribution in [0.15, 0.2) is 41.3 Å². The maximum absolute atomic E-state index is 13.8. The van der Waals surface area contributed by atoms with Crippen LogP contribution in [-0.2, 0) is 14.8 Å². The van der Waals surface area contributed by atoms with Gasteiger partial charge in [-0.2, -0.15) is 4.31 Å². The van der Waals surface area contributed by atoms with Crippen LogP contribution in [0, 0.1) is 17.6 Å². The van der Waals surface area contributed by atoms with Gasteiger partial charge >= 0.3 is 0 Å². The molecule has 0 aliphatic carbocycles. The Morgan fingerprint density at radius 3 is 2.58 bits per heavy atom. The molecule has 176 valence electrons. The number of hydrogen-bond acceptors (Lipinski definition) is 5. The van der Waals surface area contributed by atoms with Crippen molar-refractivity contribution in [1.82, 2.24) is 19.3 Å². The number of halogens is 2. The predicted octanol–water partition coefficient (Wildman–Crippen LogP) is 3.72. The Morgan fingerprint density at radius 2 is 1.91 bits per heavy atom. The molecule has 1 unspecified atom stereocenters. The molecule has 2 aromatic carbocycles. The van der Waals surface area contributed by atoms with Gasteiger partial charge in [-0.15, -0.1) is 5.10 Å². The largest absolute Gasteiger partial charge is 0.323 e. The summed E-state index contributed by atoms with van der Waals surface area (Å²) in [5, 5.41) is 10.7. The lowest BCUT2D eigenvalue weighted by Gasteiger charge is -2.30. The number of piperidine rings is 1. The van der Waals surface area contributed by atoms with E-state index >= 15 is 0 Å². The van der Waals surface area contributed by atoms with Gasteiger partial charge in [0.2, 0.25) is 15.9 Å². The molecule has 8 nitrogen and oxygen atoms in total. The van der Waals surface area contributed by atoms with E-state index in [2.05, 4.69) is 15.6 Å². The molecule has 0 saturated carbocycles. The fraction of sp³-hybridized carbons (Fsp3) is 0.409. The van der Waals surface area contributed by atoms with Gasteiger partial charge in [0.05, 0.1) is 22.1 Å². The molecular formula is C22H25F2N5O3S. The normalized spacial score (nSPS) is 16.7. The molecule has 0 spiro atoms. The quantitative estimate of drug-likeness (QED) is 0.584. The summed E-state index contributed by atoms with van der Waals surface area (Å²) in [5.41, 5.74) is 1.17. The van der Waals surface area contributed by atoms with Gasteiger partial charge in [-0.1, -0.05) is 12.1 Å². The number of fused-ring (bicyclic) bond motifs is 1. The van der Waals surface area contributed by atoms with Crippen LogP contribution in [0.3, 0.4) is 0 Å². The van der Waals surface area contributed by atoms with Crippen molar-refractivity contribution in [2.75, 3.05) is 18.4 Å². The van der Waals surface area contributed by atoms with Crippen molar-refractivity contribution in [3.05, 3.63) is 48.0 Å². The first kappa shape index (κ1) is 23.2. The van der Waals surface area contributed by atoms with Crippen LogP contribution >= 0.6 is 0 Å². The molecule has 1 N–H and O–H groups in total. The molecule has 0 bridgehead atoms. The zero-order valence-corrected chi connectivity index (χ0v) is 19.1. The van der Waals surface area contributed by atoms with E-state index in [0.29, 0.717) is 24.4 Å². The number of hydrogen-bond donors (Lipinski definition) is 1. The van der Waals surface area contributed by atoms with Crippen molar-refractivity contribution >= 4 is 32.7 Å². The molecule has 11 heteroatoms. The molecule has 1 saturated heterocycles. The van der Waals surface area contributed by atoms with E-state index in [1.807, 2.05) is 13.8 Å². The highest BCUT2D eigenvalue weighted by molar-refractivity contribution is 7.89. The van der Waals surface area contributed by atoms with Crippen LogP contribution in [-0.4, -0.2) is 46.7 Å². The van der Waals surface area contributed by atoms with Gasteiger partial charge in [-0.05, 0) is 56.5 Å². The topological polar surface area (TPSA) is 97.2 Å². The summed E-state index contributed by atoms with van der Waals surface area (Å²) in [4.78, 5) is 12.6. The van der Waals surface area contributed by atoms with Gasteiger partial charge in [-0.25, -0.2) is 21.9 Å². The Balaban J connectivity index is 1.44. The fourth-order valence-electron chi connectivity index (χ4n) is 3.91. The summed E-state index contributed by atoms with van der Waals surface area (Å²) >= 11 is 0. The van der Waals surface area contributed by atoms with Crippen LogP contribution in [0.2, 0.25) is 0 Å². The van der Waals surface area contributed by atoms with Crippen LogP contribution in [0.1, 0.15) is 39.2 Å². The molecule has 1 atom stereocenters. The van der Waals surface area contributed by atoms with E-state index in [1.165, 1.54) is 10.4 Å². The second-order valence-electron chi connectivity index (χ2n) is 8.23. The van der Waals surface area contributed by atoms with Gasteiger partial charge in [0.25, 0.3) is 0 Å². The van der Waals surface area contributed by atoms with E-state index < -0.39 is 33.5 Å². The molecule has 3 aromatic rings. The summed E-state index contributed by atoms with van der Waals surface area (Å²) in [6, 6.07) is 7.85. The number of nitrogens with one attached hydrogen (secondary N) is 1. The lowest BCUT2D eigenvalue weighted by Crippen LogP contribution is -2.41. The zero-order chi connectivity index (χ0) is 23.8. The molecule has 0 radical (unpaired) electrons. The monoisotopic (exact) mass is 477 g/mol. The molecule has 1 amide bonds. The van der Waals surface area contributed by atoms with Crippen LogP contribution < -0.4 is 5.32 Å². The van der Waals surface area contributed by atoms with Gasteiger partial charge in [-0.3, -0.25) is 4.79 Å². The molecule has 4 rings (SSSR count). The first-order valence-electron chi connectivity index (χ1n) is 10.8. The Kier molecular flexibility index (Phi) is 6.44. The summed E-state index contributed by atoms with van der Waals surface area (Å²) in [5.74, 6) is -2.48. The van der Waals surface area contributed by atoms with Gasteiger partial charge in [0, 0.05) is 25.1 Å². The summed E-state index contributed by atoms with van der Waals surface area (Å²) in [7, 11) is -3.77. The lowest BCUT2D eigenvalue weighted by molar-refractivity contribution is -0.120. The van der Waals surface area contributed by atoms with Crippen LogP contribution in [0.4, 0.5) is 14.5 Å². The first-order valence-corrected chi connectivity index (χ1v) is 12.3. The van der Waals surface area contributed by atoms with Crippen molar-refractivity contribution in [2.24, 2.45) is 5.92 Å². The highest BCUT2D eigenvalue weighted by Gasteiger charge is 2.32. The Morgan fingerprint density at radius 1 is 1.18 bits per heavy atom. The molecule has 1 aliphatic heterocycles. The highest BCUT2D eigenvalue weighted by atomic mass is 32.2. The molecule has 1 aromatic heterocycles. The Labute approximate surface area is 190 Å². The van der Waals surface area contributed by atoms with E-state index in [1.54, 1.807) is 16.8 Å². The second-order valence-corrected chi connectivity index (χ2v) is 10.2. The van der Waals surface area contributed by atoms with E-state index in [0.717, 1.165) is 24.1 Å². The number of nitrogens with zero attached hydrogens (tertiary/aromatic N) is 4. The van der Waals surface area contributed by atoms with Crippen LogP contribution in [0.25, 0.3) is 11.0 Å². The van der Waals surface area contributed by atoms with E-state index in [9.17, 15) is 22.0 Å². The summed E-state index contributed by atoms with van der Waals surface area (Å²) < 4.78 is 56.3. The van der Waals surface area contributed by atoms with Crippen LogP contribution in [0.5, 0.6) is 0 Å². The van der Waals surface area contributed by atoms with Crippen molar-refractivity contribution < 1.29 is 22.0 Å². The number of rotatable bonds is 6. The molecule has 33 heavy (non-hydrogen) atoms. The minimum absolute atomic E-state index is 0.102. The average Bonchev–Trinajstić information content (AvgIpc) is 3.24. The van der Waals surface area contributed by atoms with Gasteiger partial charge < -0.3 is 5.32 Å². The maximum atomic E-state index is 13.8. The van der Waals surface area contributed by atoms with E-state index in [4.69, 9.17) is 0 Å². The number of anilines is 1. The first-order chi connectivity index (χ1) is 15.7. The zero-order valence-electron chi connectivity index (χ0n) is 18.3. The number of sulfonamides is 1. The van der Waals surface area contributed by atoms with Crippen molar-refractivity contribution in [2.45, 2.75) is 44.0 Å². The van der Waals surface area contributed by atoms with E-state index in [-0.39, 0.29) is 29.7 Å². The number of benzene rings is 2. The summed E-state index contributed by atoms with van der Waals surface area (Å²) in [6.45, 7) is 4.37.